The number of nitrogens with zero attached hydrogens (tertiary/aromatic N) is 3. The van der Waals surface area contributed by atoms with E-state index in [0.29, 0.717) is 24.6 Å². The van der Waals surface area contributed by atoms with Gasteiger partial charge in [-0.25, -0.2) is 13.1 Å². The van der Waals surface area contributed by atoms with Gasteiger partial charge in [0.15, 0.2) is 9.84 Å². The van der Waals surface area contributed by atoms with Crippen LogP contribution in [0.1, 0.15) is 54.7 Å². The molecule has 2 fully saturated rings. The van der Waals surface area contributed by atoms with Gasteiger partial charge >= 0.3 is 0 Å². The van der Waals surface area contributed by atoms with Gasteiger partial charge in [0.25, 0.3) is 5.91 Å². The summed E-state index contributed by atoms with van der Waals surface area (Å²) in [5, 5.41) is 4.71. The van der Waals surface area contributed by atoms with Gasteiger partial charge in [0.1, 0.15) is 5.69 Å². The minimum absolute atomic E-state index is 0.0632. The Labute approximate surface area is 160 Å². The third-order valence-corrected chi connectivity index (χ3v) is 7.07. The lowest BCUT2D eigenvalue weighted by atomic mass is 10.1. The maximum absolute atomic E-state index is 13.5. The van der Waals surface area contributed by atoms with Crippen molar-refractivity contribution in [3.05, 3.63) is 47.8 Å². The van der Waals surface area contributed by atoms with Crippen molar-refractivity contribution in [2.75, 3.05) is 18.1 Å². The predicted octanol–water partition coefficient (Wildman–Crippen LogP) is 2.79. The second-order valence-corrected chi connectivity index (χ2v) is 9.76. The second kappa shape index (κ2) is 7.11. The zero-order chi connectivity index (χ0) is 19.0. The Balaban J connectivity index is 1.71. The van der Waals surface area contributed by atoms with Gasteiger partial charge in [-0.3, -0.25) is 4.79 Å². The summed E-state index contributed by atoms with van der Waals surface area (Å²) < 4.78 is 25.6. The molecule has 0 radical (unpaired) electrons. The van der Waals surface area contributed by atoms with Gasteiger partial charge in [-0.1, -0.05) is 25.1 Å². The van der Waals surface area contributed by atoms with E-state index in [2.05, 4.69) is 0 Å². The summed E-state index contributed by atoms with van der Waals surface area (Å²) in [5.74, 6) is 0.541. The number of hydrogen-bond donors (Lipinski definition) is 0. The quantitative estimate of drug-likeness (QED) is 0.764. The van der Waals surface area contributed by atoms with Crippen LogP contribution in [0.2, 0.25) is 0 Å². The van der Waals surface area contributed by atoms with Crippen LogP contribution in [0.4, 0.5) is 0 Å². The first kappa shape index (κ1) is 18.2. The third-order valence-electron chi connectivity index (χ3n) is 5.32. The van der Waals surface area contributed by atoms with Crippen LogP contribution in [0, 0.1) is 0 Å². The van der Waals surface area contributed by atoms with Crippen LogP contribution in [0.5, 0.6) is 0 Å². The van der Waals surface area contributed by atoms with Gasteiger partial charge in [0.05, 0.1) is 22.9 Å². The molecule has 0 bridgehead atoms. The Morgan fingerprint density at radius 1 is 1.22 bits per heavy atom. The molecule has 0 N–H and O–H groups in total. The molecule has 1 amide bonds. The summed E-state index contributed by atoms with van der Waals surface area (Å²) >= 11 is 0. The van der Waals surface area contributed by atoms with Crippen LogP contribution < -0.4 is 0 Å². The Kier molecular flexibility index (Phi) is 4.80. The molecule has 1 saturated carbocycles. The maximum atomic E-state index is 13.5. The molecule has 0 spiro atoms. The van der Waals surface area contributed by atoms with Gasteiger partial charge in [-0.2, -0.15) is 5.10 Å². The highest BCUT2D eigenvalue weighted by Gasteiger charge is 2.36. The fraction of sp³-hybridized carbons (Fsp3) is 0.500. The lowest BCUT2D eigenvalue weighted by Crippen LogP contribution is -2.42. The summed E-state index contributed by atoms with van der Waals surface area (Å²) in [6.45, 7) is 2.56. The van der Waals surface area contributed by atoms with Gasteiger partial charge in [-0.05, 0) is 43.9 Å². The molecular formula is C20H25N3O3S. The Bertz CT molecular complexity index is 933. The predicted molar refractivity (Wildman–Crippen MR) is 104 cm³/mol. The number of carbonyl (C=O) groups is 1. The molecule has 144 valence electrons. The number of amides is 1. The van der Waals surface area contributed by atoms with Gasteiger partial charge in [0, 0.05) is 18.5 Å². The number of para-hydroxylation sites is 1. The highest BCUT2D eigenvalue weighted by Crippen LogP contribution is 2.40. The highest BCUT2D eigenvalue weighted by atomic mass is 32.2. The van der Waals surface area contributed by atoms with E-state index in [1.807, 2.05) is 43.3 Å². The minimum Gasteiger partial charge on any atom is -0.333 e. The van der Waals surface area contributed by atoms with Crippen molar-refractivity contribution in [2.45, 2.75) is 44.6 Å². The molecule has 1 aliphatic carbocycles. The molecular weight excluding hydrogens is 362 g/mol. The second-order valence-electron chi connectivity index (χ2n) is 7.53. The highest BCUT2D eigenvalue weighted by molar-refractivity contribution is 7.91. The fourth-order valence-electron chi connectivity index (χ4n) is 3.76. The van der Waals surface area contributed by atoms with E-state index in [1.165, 1.54) is 0 Å². The van der Waals surface area contributed by atoms with Crippen molar-refractivity contribution in [2.24, 2.45) is 0 Å². The van der Waals surface area contributed by atoms with Crippen molar-refractivity contribution in [1.82, 2.24) is 14.7 Å². The molecule has 1 aliphatic heterocycles. The largest absolute Gasteiger partial charge is 0.333 e. The van der Waals surface area contributed by atoms with E-state index in [-0.39, 0.29) is 23.5 Å². The molecule has 4 rings (SSSR count). The van der Waals surface area contributed by atoms with Crippen molar-refractivity contribution < 1.29 is 13.2 Å². The van der Waals surface area contributed by atoms with Crippen LogP contribution in [-0.2, 0) is 9.84 Å². The number of benzene rings is 1. The first-order chi connectivity index (χ1) is 13.0. The molecule has 2 aromatic rings. The minimum atomic E-state index is -3.05. The summed E-state index contributed by atoms with van der Waals surface area (Å²) in [6.07, 6.45) is 3.53. The zero-order valence-electron chi connectivity index (χ0n) is 15.5. The lowest BCUT2D eigenvalue weighted by Gasteiger charge is -2.28. The Hall–Kier alpha value is -2.15. The summed E-state index contributed by atoms with van der Waals surface area (Å²) in [5.41, 5.74) is 2.33. The third kappa shape index (κ3) is 3.78. The van der Waals surface area contributed by atoms with Crippen LogP contribution in [0.3, 0.4) is 0 Å². The lowest BCUT2D eigenvalue weighted by molar-refractivity contribution is 0.0687. The van der Waals surface area contributed by atoms with Crippen LogP contribution >= 0.6 is 0 Å². The number of hydrogen-bond acceptors (Lipinski definition) is 4. The molecule has 27 heavy (non-hydrogen) atoms. The zero-order valence-corrected chi connectivity index (χ0v) is 16.4. The molecule has 0 unspecified atom stereocenters. The number of sulfone groups is 1. The van der Waals surface area contributed by atoms with E-state index < -0.39 is 9.84 Å². The first-order valence-corrected chi connectivity index (χ1v) is 11.5. The van der Waals surface area contributed by atoms with E-state index in [0.717, 1.165) is 30.6 Å². The normalized spacial score (nSPS) is 21.3. The molecule has 1 aromatic carbocycles. The first-order valence-electron chi connectivity index (χ1n) is 9.65. The monoisotopic (exact) mass is 387 g/mol. The van der Waals surface area contributed by atoms with Crippen LogP contribution in [-0.4, -0.2) is 53.1 Å². The Morgan fingerprint density at radius 2 is 1.96 bits per heavy atom. The molecule has 1 aromatic heterocycles. The summed E-state index contributed by atoms with van der Waals surface area (Å²) in [7, 11) is -3.05. The average Bonchev–Trinajstić information content (AvgIpc) is 3.31. The molecule has 2 heterocycles. The van der Waals surface area contributed by atoms with E-state index in [9.17, 15) is 13.2 Å². The number of carbonyl (C=O) groups excluding carboxylic acids is 1. The fourth-order valence-corrected chi connectivity index (χ4v) is 5.49. The number of aromatic nitrogens is 2. The van der Waals surface area contributed by atoms with Gasteiger partial charge in [-0.15, -0.1) is 0 Å². The standard InChI is InChI=1S/C20H25N3O3S/c1-2-11-22(17-10-12-27(25,26)14-17)20(24)19-13-18(15-8-9-15)21-23(19)16-6-4-3-5-7-16/h3-7,13,15,17H,2,8-12,14H2,1H3/t17-/m0/s1. The van der Waals surface area contributed by atoms with Gasteiger partial charge in [0.2, 0.25) is 0 Å². The summed E-state index contributed by atoms with van der Waals surface area (Å²) in [4.78, 5) is 15.2. The van der Waals surface area contributed by atoms with Crippen molar-refractivity contribution in [1.29, 1.82) is 0 Å². The van der Waals surface area contributed by atoms with E-state index in [4.69, 9.17) is 5.10 Å². The van der Waals surface area contributed by atoms with Gasteiger partial charge < -0.3 is 4.90 Å². The van der Waals surface area contributed by atoms with Crippen LogP contribution in [0.15, 0.2) is 36.4 Å². The average molecular weight is 388 g/mol. The van der Waals surface area contributed by atoms with Crippen molar-refractivity contribution in [3.8, 4) is 5.69 Å². The van der Waals surface area contributed by atoms with E-state index in [1.54, 1.807) is 9.58 Å². The Morgan fingerprint density at radius 3 is 2.56 bits per heavy atom. The smallest absolute Gasteiger partial charge is 0.272 e. The maximum Gasteiger partial charge on any atom is 0.272 e. The molecule has 2 aliphatic rings. The molecule has 1 saturated heterocycles. The molecule has 6 nitrogen and oxygen atoms in total. The van der Waals surface area contributed by atoms with E-state index >= 15 is 0 Å². The van der Waals surface area contributed by atoms with Crippen molar-refractivity contribution in [3.63, 3.8) is 0 Å². The van der Waals surface area contributed by atoms with Crippen molar-refractivity contribution >= 4 is 15.7 Å². The van der Waals surface area contributed by atoms with Crippen LogP contribution in [0.25, 0.3) is 5.69 Å². The number of rotatable bonds is 6. The SMILES string of the molecule is CCCN(C(=O)c1cc(C2CC2)nn1-c1ccccc1)[C@H]1CCS(=O)(=O)C1. The molecule has 7 heteroatoms. The molecule has 1 atom stereocenters. The topological polar surface area (TPSA) is 72.3 Å². The summed E-state index contributed by atoms with van der Waals surface area (Å²) in [6, 6.07) is 11.3.